The first-order valence-corrected chi connectivity index (χ1v) is 7.11. The Hall–Kier alpha value is -1.36. The summed E-state index contributed by atoms with van der Waals surface area (Å²) in [5.74, 6) is -0.879. The van der Waals surface area contributed by atoms with Gasteiger partial charge in [-0.2, -0.15) is 5.10 Å². The molecule has 0 bridgehead atoms. The van der Waals surface area contributed by atoms with E-state index in [1.54, 1.807) is 10.9 Å². The van der Waals surface area contributed by atoms with Crippen molar-refractivity contribution in [2.45, 2.75) is 52.1 Å². The Bertz CT molecular complexity index is 432. The first-order chi connectivity index (χ1) is 9.09. The number of hydrogen-bond acceptors (Lipinski definition) is 3. The van der Waals surface area contributed by atoms with E-state index in [4.69, 9.17) is 0 Å². The number of carboxylic acid groups (broad SMARTS) is 1. The van der Waals surface area contributed by atoms with Gasteiger partial charge in [0, 0.05) is 18.2 Å². The van der Waals surface area contributed by atoms with E-state index < -0.39 is 5.97 Å². The van der Waals surface area contributed by atoms with Gasteiger partial charge < -0.3 is 5.11 Å². The molecule has 2 rings (SSSR count). The molecule has 0 saturated carbocycles. The van der Waals surface area contributed by atoms with Crippen molar-refractivity contribution in [3.8, 4) is 0 Å². The lowest BCUT2D eigenvalue weighted by Gasteiger charge is -2.19. The maximum atomic E-state index is 11.4. The summed E-state index contributed by atoms with van der Waals surface area (Å²) in [5.41, 5.74) is 1.18. The summed E-state index contributed by atoms with van der Waals surface area (Å²) < 4.78 is 1.61. The lowest BCUT2D eigenvalue weighted by Crippen LogP contribution is -2.25. The zero-order valence-electron chi connectivity index (χ0n) is 11.8. The molecule has 5 heteroatoms. The van der Waals surface area contributed by atoms with Crippen LogP contribution >= 0.6 is 0 Å². The number of likely N-dealkylation sites (tertiary alicyclic amines) is 1. The molecule has 1 saturated heterocycles. The second-order valence-corrected chi connectivity index (χ2v) is 5.55. The number of aromatic carboxylic acids is 1. The Morgan fingerprint density at radius 3 is 2.47 bits per heavy atom. The van der Waals surface area contributed by atoms with Crippen LogP contribution < -0.4 is 0 Å². The van der Waals surface area contributed by atoms with Gasteiger partial charge in [-0.3, -0.25) is 9.58 Å². The molecule has 0 radical (unpaired) electrons. The molecule has 1 aliphatic rings. The Labute approximate surface area is 114 Å². The van der Waals surface area contributed by atoms with Gasteiger partial charge in [0.05, 0.1) is 6.20 Å². The van der Waals surface area contributed by atoms with Gasteiger partial charge in [0.25, 0.3) is 0 Å². The van der Waals surface area contributed by atoms with E-state index in [0.717, 1.165) is 18.7 Å². The Morgan fingerprint density at radius 2 is 1.95 bits per heavy atom. The molecule has 2 heterocycles. The molecule has 0 aliphatic carbocycles. The van der Waals surface area contributed by atoms with Gasteiger partial charge in [0.1, 0.15) is 0 Å². The third-order valence-electron chi connectivity index (χ3n) is 3.66. The predicted molar refractivity (Wildman–Crippen MR) is 73.3 cm³/mol. The summed E-state index contributed by atoms with van der Waals surface area (Å²) in [5, 5.41) is 13.6. The fourth-order valence-electron chi connectivity index (χ4n) is 2.68. The van der Waals surface area contributed by atoms with Crippen LogP contribution in [0.4, 0.5) is 0 Å². The highest BCUT2D eigenvalue weighted by atomic mass is 16.4. The number of nitrogens with zero attached hydrogens (tertiary/aromatic N) is 3. The monoisotopic (exact) mass is 265 g/mol. The van der Waals surface area contributed by atoms with E-state index in [9.17, 15) is 9.90 Å². The topological polar surface area (TPSA) is 58.4 Å². The van der Waals surface area contributed by atoms with Crippen LogP contribution in [-0.4, -0.2) is 38.8 Å². The van der Waals surface area contributed by atoms with E-state index in [0.29, 0.717) is 12.2 Å². The van der Waals surface area contributed by atoms with Gasteiger partial charge in [-0.25, -0.2) is 4.79 Å². The third-order valence-corrected chi connectivity index (χ3v) is 3.66. The first-order valence-electron chi connectivity index (χ1n) is 7.11. The molecule has 106 valence electrons. The standard InChI is InChI=1S/C14H23N3O2/c1-11(2)17-13(14(18)19)12(9-15-17)10-16-7-5-3-4-6-8-16/h9,11H,3-8,10H2,1-2H3,(H,18,19). The normalized spacial score (nSPS) is 17.6. The minimum Gasteiger partial charge on any atom is -0.477 e. The summed E-state index contributed by atoms with van der Waals surface area (Å²) >= 11 is 0. The van der Waals surface area contributed by atoms with Crippen LogP contribution in [0.25, 0.3) is 0 Å². The predicted octanol–water partition coefficient (Wildman–Crippen LogP) is 2.54. The highest BCUT2D eigenvalue weighted by Crippen LogP contribution is 2.18. The van der Waals surface area contributed by atoms with Crippen molar-refractivity contribution < 1.29 is 9.90 Å². The molecule has 5 nitrogen and oxygen atoms in total. The first kappa shape index (κ1) is 14.1. The lowest BCUT2D eigenvalue weighted by atomic mass is 10.2. The smallest absolute Gasteiger partial charge is 0.354 e. The van der Waals surface area contributed by atoms with Crippen molar-refractivity contribution in [3.05, 3.63) is 17.5 Å². The fraction of sp³-hybridized carbons (Fsp3) is 0.714. The van der Waals surface area contributed by atoms with E-state index in [-0.39, 0.29) is 6.04 Å². The van der Waals surface area contributed by atoms with Crippen LogP contribution in [0.2, 0.25) is 0 Å². The van der Waals surface area contributed by atoms with Gasteiger partial charge in [0.15, 0.2) is 5.69 Å². The second kappa shape index (κ2) is 6.19. The van der Waals surface area contributed by atoms with E-state index in [1.807, 2.05) is 13.8 Å². The highest BCUT2D eigenvalue weighted by Gasteiger charge is 2.21. The zero-order valence-corrected chi connectivity index (χ0v) is 11.8. The molecule has 0 aromatic carbocycles. The van der Waals surface area contributed by atoms with E-state index in [2.05, 4.69) is 10.00 Å². The Balaban J connectivity index is 2.17. The maximum absolute atomic E-state index is 11.4. The second-order valence-electron chi connectivity index (χ2n) is 5.55. The van der Waals surface area contributed by atoms with Gasteiger partial charge >= 0.3 is 5.97 Å². The zero-order chi connectivity index (χ0) is 13.8. The fourth-order valence-corrected chi connectivity index (χ4v) is 2.68. The molecule has 1 aromatic heterocycles. The van der Waals surface area contributed by atoms with Gasteiger partial charge in [-0.15, -0.1) is 0 Å². The number of rotatable bonds is 4. The molecule has 0 amide bonds. The molecule has 1 N–H and O–H groups in total. The number of carboxylic acids is 1. The largest absolute Gasteiger partial charge is 0.477 e. The minimum atomic E-state index is -0.879. The van der Waals surface area contributed by atoms with Gasteiger partial charge in [-0.05, 0) is 39.8 Å². The van der Waals surface area contributed by atoms with Crippen LogP contribution in [0, 0.1) is 0 Å². The molecule has 0 atom stereocenters. The summed E-state index contributed by atoms with van der Waals surface area (Å²) in [4.78, 5) is 13.8. The van der Waals surface area contributed by atoms with Crippen molar-refractivity contribution in [3.63, 3.8) is 0 Å². The quantitative estimate of drug-likeness (QED) is 0.909. The molecule has 0 unspecified atom stereocenters. The molecular formula is C14H23N3O2. The molecule has 0 spiro atoms. The van der Waals surface area contributed by atoms with E-state index >= 15 is 0 Å². The highest BCUT2D eigenvalue weighted by molar-refractivity contribution is 5.87. The Kier molecular flexibility index (Phi) is 4.58. The van der Waals surface area contributed by atoms with Crippen molar-refractivity contribution in [1.29, 1.82) is 0 Å². The van der Waals surface area contributed by atoms with Crippen molar-refractivity contribution in [1.82, 2.24) is 14.7 Å². The van der Waals surface area contributed by atoms with Crippen LogP contribution in [-0.2, 0) is 6.54 Å². The summed E-state index contributed by atoms with van der Waals surface area (Å²) in [6, 6.07) is 0.0731. The van der Waals surface area contributed by atoms with E-state index in [1.165, 1.54) is 25.7 Å². The molecule has 1 aliphatic heterocycles. The average molecular weight is 265 g/mol. The molecule has 1 fully saturated rings. The molecule has 1 aromatic rings. The number of carbonyl (C=O) groups is 1. The molecule has 19 heavy (non-hydrogen) atoms. The van der Waals surface area contributed by atoms with Crippen molar-refractivity contribution in [2.75, 3.05) is 13.1 Å². The number of aromatic nitrogens is 2. The van der Waals surface area contributed by atoms with Gasteiger partial charge in [0.2, 0.25) is 0 Å². The summed E-state index contributed by atoms with van der Waals surface area (Å²) in [6.45, 7) is 6.73. The summed E-state index contributed by atoms with van der Waals surface area (Å²) in [7, 11) is 0. The molecular weight excluding hydrogens is 242 g/mol. The van der Waals surface area contributed by atoms with Crippen LogP contribution in [0.15, 0.2) is 6.20 Å². The van der Waals surface area contributed by atoms with Crippen LogP contribution in [0.1, 0.15) is 61.6 Å². The van der Waals surface area contributed by atoms with Crippen molar-refractivity contribution >= 4 is 5.97 Å². The maximum Gasteiger partial charge on any atom is 0.354 e. The number of hydrogen-bond donors (Lipinski definition) is 1. The minimum absolute atomic E-state index is 0.0731. The Morgan fingerprint density at radius 1 is 1.32 bits per heavy atom. The van der Waals surface area contributed by atoms with Crippen LogP contribution in [0.5, 0.6) is 0 Å². The SMILES string of the molecule is CC(C)n1ncc(CN2CCCCCC2)c1C(=O)O. The van der Waals surface area contributed by atoms with Crippen LogP contribution in [0.3, 0.4) is 0 Å². The summed E-state index contributed by atoms with van der Waals surface area (Å²) in [6.07, 6.45) is 6.71. The average Bonchev–Trinajstić information content (AvgIpc) is 2.59. The van der Waals surface area contributed by atoms with Gasteiger partial charge in [-0.1, -0.05) is 12.8 Å². The lowest BCUT2D eigenvalue weighted by molar-refractivity contribution is 0.0678. The van der Waals surface area contributed by atoms with Crippen molar-refractivity contribution in [2.24, 2.45) is 0 Å². The third kappa shape index (κ3) is 3.35.